The van der Waals surface area contributed by atoms with Crippen LogP contribution in [0.25, 0.3) is 5.57 Å². The number of benzene rings is 1. The monoisotopic (exact) mass is 335 g/mol. The van der Waals surface area contributed by atoms with E-state index in [1.165, 1.54) is 24.3 Å². The molecule has 0 saturated heterocycles. The van der Waals surface area contributed by atoms with E-state index >= 15 is 0 Å². The number of carbonyl (C=O) groups is 1. The minimum absolute atomic E-state index is 0.142. The maximum absolute atomic E-state index is 13.8. The highest BCUT2D eigenvalue weighted by Gasteiger charge is 2.26. The fraction of sp³-hybridized carbons (Fsp3) is 0.125. The van der Waals surface area contributed by atoms with Crippen molar-refractivity contribution in [3.8, 4) is 0 Å². The molecule has 0 unspecified atom stereocenters. The first-order chi connectivity index (χ1) is 11.0. The van der Waals surface area contributed by atoms with Gasteiger partial charge >= 0.3 is 5.97 Å². The van der Waals surface area contributed by atoms with Crippen molar-refractivity contribution in [2.45, 2.75) is 6.92 Å². The van der Waals surface area contributed by atoms with Gasteiger partial charge in [0.15, 0.2) is 5.13 Å². The first-order valence-corrected chi connectivity index (χ1v) is 7.57. The Morgan fingerprint density at radius 1 is 1.35 bits per heavy atom. The summed E-state index contributed by atoms with van der Waals surface area (Å²) in [5.74, 6) is -1.55. The number of nitrogens with zero attached hydrogens (tertiary/aromatic N) is 1. The lowest BCUT2D eigenvalue weighted by Gasteiger charge is -2.07. The van der Waals surface area contributed by atoms with Gasteiger partial charge in [0.25, 0.3) is 0 Å². The van der Waals surface area contributed by atoms with Crippen LogP contribution in [0.1, 0.15) is 22.9 Å². The Bertz CT molecular complexity index is 855. The number of carboxylic acids is 1. The lowest BCUT2D eigenvalue weighted by molar-refractivity contribution is -0.131. The van der Waals surface area contributed by atoms with Crippen LogP contribution in [-0.4, -0.2) is 23.6 Å². The topological polar surface area (TPSA) is 58.9 Å². The van der Waals surface area contributed by atoms with Gasteiger partial charge in [-0.15, -0.1) is 11.3 Å². The Morgan fingerprint density at radius 3 is 2.83 bits per heavy atom. The van der Waals surface area contributed by atoms with Crippen LogP contribution in [0.4, 0.5) is 14.5 Å². The van der Waals surface area contributed by atoms with Gasteiger partial charge in [0, 0.05) is 23.3 Å². The van der Waals surface area contributed by atoms with Gasteiger partial charge in [0.05, 0.1) is 22.7 Å². The van der Waals surface area contributed by atoms with Crippen LogP contribution in [0.3, 0.4) is 0 Å². The number of halogens is 2. The molecule has 2 aromatic rings. The second-order valence-electron chi connectivity index (χ2n) is 4.70. The van der Waals surface area contributed by atoms with Crippen molar-refractivity contribution in [1.82, 2.24) is 0 Å². The molecular weight excluding hydrogens is 324 g/mol. The Labute approximate surface area is 134 Å². The van der Waals surface area contributed by atoms with Crippen molar-refractivity contribution < 1.29 is 23.4 Å². The Kier molecular flexibility index (Phi) is 3.96. The summed E-state index contributed by atoms with van der Waals surface area (Å²) < 4.78 is 32.8. The fourth-order valence-corrected chi connectivity index (χ4v) is 3.26. The molecule has 4 nitrogen and oxygen atoms in total. The number of fused-ring (bicyclic) bond motifs is 2. The lowest BCUT2D eigenvalue weighted by Crippen LogP contribution is -2.06. The Balaban J connectivity index is 2.35. The highest BCUT2D eigenvalue weighted by Crippen LogP contribution is 2.40. The van der Waals surface area contributed by atoms with Crippen molar-refractivity contribution >= 4 is 34.5 Å². The van der Waals surface area contributed by atoms with Crippen LogP contribution in [0, 0.1) is 10.9 Å². The molecule has 0 atom stereocenters. The predicted molar refractivity (Wildman–Crippen MR) is 83.2 cm³/mol. The van der Waals surface area contributed by atoms with E-state index in [1.807, 2.05) is 0 Å². The highest BCUT2D eigenvalue weighted by atomic mass is 32.1. The number of ether oxygens (including phenoxy) is 1. The molecule has 0 radical (unpaired) electrons. The summed E-state index contributed by atoms with van der Waals surface area (Å²) in [6, 6.07) is 5.07. The van der Waals surface area contributed by atoms with Gasteiger partial charge in [-0.05, 0) is 25.1 Å². The largest absolute Gasteiger partial charge is 0.478 e. The number of aliphatic carboxylic acids is 1. The van der Waals surface area contributed by atoms with Gasteiger partial charge in [-0.1, -0.05) is 0 Å². The van der Waals surface area contributed by atoms with Gasteiger partial charge in [0.2, 0.25) is 5.90 Å². The van der Waals surface area contributed by atoms with E-state index in [1.54, 1.807) is 6.92 Å². The zero-order valence-corrected chi connectivity index (χ0v) is 12.8. The summed E-state index contributed by atoms with van der Waals surface area (Å²) in [6.07, 6.45) is 0.968. The van der Waals surface area contributed by atoms with E-state index in [-0.39, 0.29) is 17.2 Å². The summed E-state index contributed by atoms with van der Waals surface area (Å²) in [7, 11) is 0. The van der Waals surface area contributed by atoms with E-state index in [0.29, 0.717) is 22.6 Å². The SMILES string of the molecule is CCOC1=Nc2cc(F)ccc2C(=CC(=O)O)c2sc(F)cc21. The maximum atomic E-state index is 13.8. The molecule has 0 saturated carbocycles. The number of thiophene rings is 1. The predicted octanol–water partition coefficient (Wildman–Crippen LogP) is 3.97. The standard InChI is InChI=1S/C16H11F2NO3S/c1-2-22-16-11-6-13(18)23-15(11)10(7-14(20)21)9-4-3-8(17)5-12(9)19-16/h3-7H,2H2,1H3,(H,20,21). The second kappa shape index (κ2) is 5.92. The van der Waals surface area contributed by atoms with Crippen LogP contribution in [0.15, 0.2) is 35.3 Å². The van der Waals surface area contributed by atoms with Crippen molar-refractivity contribution in [3.63, 3.8) is 0 Å². The third-order valence-electron chi connectivity index (χ3n) is 3.20. The molecule has 1 aromatic carbocycles. The molecule has 7 heteroatoms. The molecule has 1 N–H and O–H groups in total. The number of carboxylic acid groups (broad SMARTS) is 1. The average Bonchev–Trinajstić information content (AvgIpc) is 2.82. The normalized spacial score (nSPS) is 14.7. The van der Waals surface area contributed by atoms with E-state index < -0.39 is 16.9 Å². The van der Waals surface area contributed by atoms with Gasteiger partial charge in [-0.25, -0.2) is 14.2 Å². The molecule has 0 aliphatic carbocycles. The van der Waals surface area contributed by atoms with Crippen LogP contribution in [-0.2, 0) is 9.53 Å². The van der Waals surface area contributed by atoms with Crippen LogP contribution in [0.2, 0.25) is 0 Å². The second-order valence-corrected chi connectivity index (χ2v) is 5.70. The Morgan fingerprint density at radius 2 is 2.13 bits per heavy atom. The Hall–Kier alpha value is -2.54. The summed E-state index contributed by atoms with van der Waals surface area (Å²) >= 11 is 0.798. The molecule has 0 fully saturated rings. The number of hydrogen-bond acceptors (Lipinski definition) is 4. The summed E-state index contributed by atoms with van der Waals surface area (Å²) in [5, 5.41) is 8.65. The quantitative estimate of drug-likeness (QED) is 0.845. The van der Waals surface area contributed by atoms with Crippen LogP contribution < -0.4 is 0 Å². The molecule has 1 aliphatic heterocycles. The molecule has 2 heterocycles. The molecular formula is C16H11F2NO3S. The molecule has 118 valence electrons. The molecule has 3 rings (SSSR count). The van der Waals surface area contributed by atoms with Crippen molar-refractivity contribution in [3.05, 3.63) is 57.3 Å². The number of rotatable bonds is 2. The third-order valence-corrected chi connectivity index (χ3v) is 4.15. The van der Waals surface area contributed by atoms with Crippen molar-refractivity contribution in [2.75, 3.05) is 6.61 Å². The zero-order chi connectivity index (χ0) is 16.6. The molecule has 0 bridgehead atoms. The van der Waals surface area contributed by atoms with E-state index in [9.17, 15) is 13.6 Å². The van der Waals surface area contributed by atoms with Crippen molar-refractivity contribution in [1.29, 1.82) is 0 Å². The fourth-order valence-electron chi connectivity index (χ4n) is 2.35. The maximum Gasteiger partial charge on any atom is 0.328 e. The minimum atomic E-state index is -1.19. The molecule has 23 heavy (non-hydrogen) atoms. The summed E-state index contributed by atoms with van der Waals surface area (Å²) in [4.78, 5) is 15.8. The molecule has 1 aliphatic rings. The van der Waals surface area contributed by atoms with Crippen molar-refractivity contribution in [2.24, 2.45) is 4.99 Å². The van der Waals surface area contributed by atoms with Gasteiger partial charge < -0.3 is 9.84 Å². The number of hydrogen-bond donors (Lipinski definition) is 1. The van der Waals surface area contributed by atoms with Crippen LogP contribution in [0.5, 0.6) is 0 Å². The minimum Gasteiger partial charge on any atom is -0.478 e. The van der Waals surface area contributed by atoms with E-state index in [2.05, 4.69) is 4.99 Å². The highest BCUT2D eigenvalue weighted by molar-refractivity contribution is 7.12. The zero-order valence-electron chi connectivity index (χ0n) is 12.0. The van der Waals surface area contributed by atoms with E-state index in [0.717, 1.165) is 17.4 Å². The van der Waals surface area contributed by atoms with Gasteiger partial charge in [-0.2, -0.15) is 4.39 Å². The third kappa shape index (κ3) is 2.87. The van der Waals surface area contributed by atoms with Crippen LogP contribution >= 0.6 is 11.3 Å². The molecule has 0 spiro atoms. The summed E-state index contributed by atoms with van der Waals surface area (Å²) in [6.45, 7) is 2.04. The molecule has 1 aromatic heterocycles. The smallest absolute Gasteiger partial charge is 0.328 e. The molecule has 0 amide bonds. The van der Waals surface area contributed by atoms with Gasteiger partial charge in [0.1, 0.15) is 5.82 Å². The van der Waals surface area contributed by atoms with E-state index in [4.69, 9.17) is 9.84 Å². The average molecular weight is 335 g/mol. The number of aliphatic imine (C=N–C) groups is 1. The first kappa shape index (κ1) is 15.4. The lowest BCUT2D eigenvalue weighted by atomic mass is 10.0. The van der Waals surface area contributed by atoms with Gasteiger partial charge in [-0.3, -0.25) is 0 Å². The first-order valence-electron chi connectivity index (χ1n) is 6.75. The summed E-state index contributed by atoms with van der Waals surface area (Å²) in [5.41, 5.74) is 1.28.